The lowest BCUT2D eigenvalue weighted by Gasteiger charge is -2.56. The van der Waals surface area contributed by atoms with Crippen LogP contribution in [0.15, 0.2) is 12.1 Å². The average Bonchev–Trinajstić information content (AvgIpc) is 2.80. The molecule has 0 radical (unpaired) electrons. The summed E-state index contributed by atoms with van der Waals surface area (Å²) in [5, 5.41) is 34.6. The Bertz CT molecular complexity index is 1250. The fourth-order valence-corrected chi connectivity index (χ4v) is 7.29. The number of aliphatic hydroxyl groups is 2. The summed E-state index contributed by atoms with van der Waals surface area (Å²) in [6.07, 6.45) is -0.0914. The highest BCUT2D eigenvalue weighted by Crippen LogP contribution is 2.55. The zero-order valence-electron chi connectivity index (χ0n) is 22.5. The topological polar surface area (TPSA) is 175 Å². The summed E-state index contributed by atoms with van der Waals surface area (Å²) in [5.41, 5.74) is 2.74. The molecule has 10 nitrogen and oxygen atoms in total. The van der Waals surface area contributed by atoms with E-state index in [1.54, 1.807) is 19.1 Å². The van der Waals surface area contributed by atoms with Crippen molar-refractivity contribution in [3.63, 3.8) is 0 Å². The second-order valence-corrected chi connectivity index (χ2v) is 11.9. The van der Waals surface area contributed by atoms with E-state index in [4.69, 9.17) is 5.73 Å². The molecule has 1 aromatic rings. The first-order valence-electron chi connectivity index (χ1n) is 12.9. The number of rotatable bonds is 5. The van der Waals surface area contributed by atoms with Crippen molar-refractivity contribution in [3.05, 3.63) is 28.8 Å². The molecule has 0 aromatic heterocycles. The highest BCUT2D eigenvalue weighted by atomic mass is 16.3. The van der Waals surface area contributed by atoms with E-state index in [2.05, 4.69) is 0 Å². The number of hydrogen-bond donors (Lipinski definition) is 4. The first-order valence-corrected chi connectivity index (χ1v) is 12.9. The Labute approximate surface area is 221 Å². The van der Waals surface area contributed by atoms with E-state index in [0.29, 0.717) is 11.1 Å². The van der Waals surface area contributed by atoms with Crippen LogP contribution >= 0.6 is 0 Å². The van der Waals surface area contributed by atoms with Gasteiger partial charge in [-0.3, -0.25) is 28.9 Å². The smallest absolute Gasteiger partial charge is 0.235 e. The van der Waals surface area contributed by atoms with Gasteiger partial charge in [0.25, 0.3) is 0 Å². The molecule has 1 amide bonds. The molecule has 3 aliphatic carbocycles. The number of nitrogens with two attached hydrogens (primary N) is 1. The molecule has 3 aliphatic rings. The number of primary amides is 1. The standard InChI is InChI=1S/C28H36N2O8/c1-7-10-27(3,4)13-9-8-12-11(2)14-16(21(32)15(12)20(13)31)24(35)28(38)18(22(14)33)19(30(5)6)23(34)17(25(28)36)26(29)37/h8-9,11,14,16-19,22,31,33,38H,7,10H2,1-6H3,(H2,29,37)/t11-,14+,16?,17?,18+,19-,22-,28-/m1/s1. The van der Waals surface area contributed by atoms with Gasteiger partial charge in [0.15, 0.2) is 34.7 Å². The monoisotopic (exact) mass is 528 g/mol. The van der Waals surface area contributed by atoms with Gasteiger partial charge in [-0.15, -0.1) is 0 Å². The minimum Gasteiger partial charge on any atom is -0.507 e. The molecule has 0 spiro atoms. The molecular formula is C28H36N2O8. The molecule has 0 heterocycles. The largest absolute Gasteiger partial charge is 0.507 e. The van der Waals surface area contributed by atoms with Crippen LogP contribution in [-0.4, -0.2) is 81.1 Å². The van der Waals surface area contributed by atoms with E-state index in [9.17, 15) is 39.3 Å². The Morgan fingerprint density at radius 2 is 1.74 bits per heavy atom. The number of fused-ring (bicyclic) bond motifs is 3. The third kappa shape index (κ3) is 3.53. The second-order valence-electron chi connectivity index (χ2n) is 11.9. The third-order valence-electron chi connectivity index (χ3n) is 9.09. The van der Waals surface area contributed by atoms with Crippen LogP contribution in [0.5, 0.6) is 5.75 Å². The number of nitrogens with zero attached hydrogens (tertiary/aromatic N) is 1. The van der Waals surface area contributed by atoms with Gasteiger partial charge in [0.2, 0.25) is 5.91 Å². The molecule has 2 fully saturated rings. The molecule has 206 valence electrons. The number of aromatic hydroxyl groups is 1. The van der Waals surface area contributed by atoms with Gasteiger partial charge in [0, 0.05) is 11.5 Å². The second kappa shape index (κ2) is 9.07. The van der Waals surface area contributed by atoms with E-state index >= 15 is 0 Å². The van der Waals surface area contributed by atoms with Crippen molar-refractivity contribution in [2.45, 2.75) is 69.6 Å². The van der Waals surface area contributed by atoms with Crippen LogP contribution in [0.2, 0.25) is 0 Å². The van der Waals surface area contributed by atoms with Crippen LogP contribution in [0.25, 0.3) is 0 Å². The van der Waals surface area contributed by atoms with Crippen molar-refractivity contribution in [2.75, 3.05) is 14.1 Å². The van der Waals surface area contributed by atoms with E-state index in [0.717, 1.165) is 12.8 Å². The van der Waals surface area contributed by atoms with E-state index in [1.165, 1.54) is 19.0 Å². The van der Waals surface area contributed by atoms with E-state index in [1.807, 2.05) is 20.8 Å². The Balaban J connectivity index is 1.94. The molecule has 1 aromatic carbocycles. The first kappa shape index (κ1) is 28.1. The van der Waals surface area contributed by atoms with Crippen LogP contribution in [0.3, 0.4) is 0 Å². The molecule has 38 heavy (non-hydrogen) atoms. The van der Waals surface area contributed by atoms with Crippen LogP contribution in [0.1, 0.15) is 67.9 Å². The third-order valence-corrected chi connectivity index (χ3v) is 9.09. The predicted molar refractivity (Wildman–Crippen MR) is 135 cm³/mol. The average molecular weight is 529 g/mol. The van der Waals surface area contributed by atoms with Gasteiger partial charge >= 0.3 is 0 Å². The Morgan fingerprint density at radius 1 is 1.13 bits per heavy atom. The molecule has 0 bridgehead atoms. The quantitative estimate of drug-likeness (QED) is 0.396. The number of aliphatic hydroxyl groups excluding tert-OH is 1. The molecule has 2 saturated carbocycles. The number of ketones is 4. The number of amides is 1. The number of phenols is 1. The maximum atomic E-state index is 14.0. The fraction of sp³-hybridized carbons (Fsp3) is 0.607. The van der Waals surface area contributed by atoms with Crippen molar-refractivity contribution in [3.8, 4) is 5.75 Å². The molecule has 4 rings (SSSR count). The Kier molecular flexibility index (Phi) is 6.70. The molecule has 5 N–H and O–H groups in total. The number of Topliss-reactive ketones (excluding diaryl/α,β-unsaturated/α-hetero) is 4. The van der Waals surface area contributed by atoms with Gasteiger partial charge in [-0.25, -0.2) is 0 Å². The highest BCUT2D eigenvalue weighted by molar-refractivity contribution is 6.32. The lowest BCUT2D eigenvalue weighted by atomic mass is 9.49. The molecule has 10 heteroatoms. The summed E-state index contributed by atoms with van der Waals surface area (Å²) < 4.78 is 0. The van der Waals surface area contributed by atoms with Crippen molar-refractivity contribution in [1.82, 2.24) is 4.90 Å². The maximum absolute atomic E-state index is 14.0. The van der Waals surface area contributed by atoms with Crippen molar-refractivity contribution in [2.24, 2.45) is 29.4 Å². The molecule has 0 aliphatic heterocycles. The maximum Gasteiger partial charge on any atom is 0.235 e. The van der Waals surface area contributed by atoms with Gasteiger partial charge in [0.05, 0.1) is 29.5 Å². The summed E-state index contributed by atoms with van der Waals surface area (Å²) in [6.45, 7) is 7.57. The van der Waals surface area contributed by atoms with Crippen molar-refractivity contribution < 1.29 is 39.3 Å². The number of phenolic OH excluding ortho intramolecular Hbond substituents is 1. The summed E-state index contributed by atoms with van der Waals surface area (Å²) in [6, 6.07) is 2.07. The number of benzene rings is 1. The van der Waals surface area contributed by atoms with Gasteiger partial charge in [-0.1, -0.05) is 46.2 Å². The summed E-state index contributed by atoms with van der Waals surface area (Å²) in [5.74, 6) is -13.0. The summed E-state index contributed by atoms with van der Waals surface area (Å²) in [7, 11) is 2.92. The summed E-state index contributed by atoms with van der Waals surface area (Å²) in [4.78, 5) is 68.0. The van der Waals surface area contributed by atoms with Crippen molar-refractivity contribution >= 4 is 29.0 Å². The summed E-state index contributed by atoms with van der Waals surface area (Å²) >= 11 is 0. The van der Waals surface area contributed by atoms with Crippen LogP contribution in [0.4, 0.5) is 0 Å². The predicted octanol–water partition coefficient (Wildman–Crippen LogP) is 0.477. The first-order chi connectivity index (χ1) is 17.5. The fourth-order valence-electron chi connectivity index (χ4n) is 7.29. The van der Waals surface area contributed by atoms with Crippen LogP contribution in [-0.2, 0) is 24.6 Å². The van der Waals surface area contributed by atoms with Crippen molar-refractivity contribution in [1.29, 1.82) is 0 Å². The number of likely N-dealkylation sites (N-methyl/N-ethyl adjacent to an activating group) is 1. The zero-order valence-corrected chi connectivity index (χ0v) is 22.5. The van der Waals surface area contributed by atoms with Crippen LogP contribution < -0.4 is 5.73 Å². The van der Waals surface area contributed by atoms with Crippen LogP contribution in [0, 0.1) is 23.7 Å². The van der Waals surface area contributed by atoms with E-state index < -0.39 is 81.8 Å². The minimum atomic E-state index is -3.00. The molecular weight excluding hydrogens is 492 g/mol. The molecule has 8 atom stereocenters. The molecule has 2 unspecified atom stereocenters. The SMILES string of the molecule is CCCC(C)(C)c1ccc2c(c1O)C(=O)C1C(=O)[C@@]3(O)C(=O)C(C(N)=O)C(=O)[C@H](N(C)C)[C@H]3[C@H](O)[C@H]1[C@@H]2C. The van der Waals surface area contributed by atoms with Gasteiger partial charge in [-0.05, 0) is 37.4 Å². The lowest BCUT2D eigenvalue weighted by Crippen LogP contribution is -2.77. The number of hydrogen-bond acceptors (Lipinski definition) is 9. The van der Waals surface area contributed by atoms with E-state index in [-0.39, 0.29) is 11.3 Å². The number of carbonyl (C=O) groups is 5. The normalized spacial score (nSPS) is 35.1. The lowest BCUT2D eigenvalue weighted by molar-refractivity contribution is -0.196. The Hall–Kier alpha value is -2.95. The highest BCUT2D eigenvalue weighted by Gasteiger charge is 2.72. The van der Waals surface area contributed by atoms with Gasteiger partial charge in [0.1, 0.15) is 5.75 Å². The zero-order chi connectivity index (χ0) is 28.6. The van der Waals surface area contributed by atoms with Gasteiger partial charge < -0.3 is 21.1 Å². The van der Waals surface area contributed by atoms with Gasteiger partial charge in [-0.2, -0.15) is 0 Å². The minimum absolute atomic E-state index is 0.0713. The molecule has 0 saturated heterocycles. The number of carbonyl (C=O) groups excluding carboxylic acids is 5. The Morgan fingerprint density at radius 3 is 2.26 bits per heavy atom.